The van der Waals surface area contributed by atoms with E-state index in [1.807, 2.05) is 10.9 Å². The van der Waals surface area contributed by atoms with Gasteiger partial charge in [0.25, 0.3) is 0 Å². The largest absolute Gasteiger partial charge is 0.270 e. The van der Waals surface area contributed by atoms with Gasteiger partial charge in [-0.05, 0) is 56.9 Å². The van der Waals surface area contributed by atoms with E-state index in [-0.39, 0.29) is 21.1 Å². The van der Waals surface area contributed by atoms with Crippen molar-refractivity contribution in [3.63, 3.8) is 0 Å². The molecule has 1 aromatic carbocycles. The Hall–Kier alpha value is -0.882. The first kappa shape index (κ1) is 15.2. The van der Waals surface area contributed by atoms with Crippen molar-refractivity contribution in [3.8, 4) is 11.1 Å². The molecule has 0 unspecified atom stereocenters. The van der Waals surface area contributed by atoms with Crippen LogP contribution in [-0.4, -0.2) is 9.78 Å². The van der Waals surface area contributed by atoms with Gasteiger partial charge in [0.05, 0.1) is 6.20 Å². The Labute approximate surface area is 124 Å². The molecule has 0 spiro atoms. The first-order chi connectivity index (χ1) is 8.00. The number of rotatable bonds is 2. The van der Waals surface area contributed by atoms with Crippen molar-refractivity contribution < 1.29 is 21.1 Å². The Morgan fingerprint density at radius 3 is 2.22 bits per heavy atom. The molecule has 1 heterocycles. The monoisotopic (exact) mass is 423 g/mol. The molecule has 18 heavy (non-hydrogen) atoms. The summed E-state index contributed by atoms with van der Waals surface area (Å²) in [5.41, 5.74) is 6.56. The van der Waals surface area contributed by atoms with Crippen molar-refractivity contribution in [1.82, 2.24) is 9.78 Å². The Morgan fingerprint density at radius 2 is 1.67 bits per heavy atom. The molecule has 2 nitrogen and oxygen atoms in total. The molecule has 2 aromatic rings. The fourth-order valence-electron chi connectivity index (χ4n) is 2.14. The molecule has 0 saturated heterocycles. The Balaban J connectivity index is 0.00000162. The second-order valence-electron chi connectivity index (χ2n) is 5.00. The van der Waals surface area contributed by atoms with E-state index >= 15 is 0 Å². The van der Waals surface area contributed by atoms with E-state index in [0.717, 1.165) is 0 Å². The first-order valence-corrected chi connectivity index (χ1v) is 6.12. The fourth-order valence-corrected chi connectivity index (χ4v) is 2.14. The Bertz CT molecular complexity index is 541. The smallest absolute Gasteiger partial charge is 0.0568 e. The quantitative estimate of drug-likeness (QED) is 0.713. The van der Waals surface area contributed by atoms with Gasteiger partial charge in [-0.2, -0.15) is 5.10 Å². The molecule has 0 atom stereocenters. The van der Waals surface area contributed by atoms with Crippen LogP contribution < -0.4 is 0 Å². The summed E-state index contributed by atoms with van der Waals surface area (Å²) in [5.74, 6) is 0. The van der Waals surface area contributed by atoms with Gasteiger partial charge in [0.15, 0.2) is 0 Å². The van der Waals surface area contributed by atoms with Gasteiger partial charge in [0.2, 0.25) is 0 Å². The summed E-state index contributed by atoms with van der Waals surface area (Å²) in [5, 5.41) is 4.42. The van der Waals surface area contributed by atoms with E-state index in [2.05, 4.69) is 58.0 Å². The molecule has 0 bridgehead atoms. The topological polar surface area (TPSA) is 17.8 Å². The molecule has 0 N–H and O–H groups in total. The maximum absolute atomic E-state index is 4.42. The summed E-state index contributed by atoms with van der Waals surface area (Å²) in [7, 11) is 0. The SMILES string of the molecule is Cc1ccc(C)c(-c2cnn(C(C)C)c2)c1C.[Pt]. The molecule has 0 radical (unpaired) electrons. The second kappa shape index (κ2) is 5.84. The van der Waals surface area contributed by atoms with Gasteiger partial charge in [-0.3, -0.25) is 4.68 Å². The van der Waals surface area contributed by atoms with E-state index < -0.39 is 0 Å². The predicted octanol–water partition coefficient (Wildman–Crippen LogP) is 4.05. The second-order valence-corrected chi connectivity index (χ2v) is 5.00. The van der Waals surface area contributed by atoms with Crippen LogP contribution in [0, 0.1) is 20.8 Å². The van der Waals surface area contributed by atoms with Gasteiger partial charge in [0.1, 0.15) is 0 Å². The van der Waals surface area contributed by atoms with Gasteiger partial charge in [0, 0.05) is 38.9 Å². The Kier molecular flexibility index (Phi) is 4.92. The van der Waals surface area contributed by atoms with E-state index in [1.165, 1.54) is 27.8 Å². The van der Waals surface area contributed by atoms with Gasteiger partial charge < -0.3 is 0 Å². The maximum Gasteiger partial charge on any atom is 0.0568 e. The van der Waals surface area contributed by atoms with Crippen molar-refractivity contribution in [2.24, 2.45) is 0 Å². The van der Waals surface area contributed by atoms with Crippen LogP contribution in [0.2, 0.25) is 0 Å². The van der Waals surface area contributed by atoms with Crippen LogP contribution in [0.4, 0.5) is 0 Å². The van der Waals surface area contributed by atoms with Gasteiger partial charge in [-0.1, -0.05) is 12.1 Å². The van der Waals surface area contributed by atoms with E-state index in [9.17, 15) is 0 Å². The summed E-state index contributed by atoms with van der Waals surface area (Å²) in [6, 6.07) is 4.78. The number of benzene rings is 1. The predicted molar refractivity (Wildman–Crippen MR) is 72.3 cm³/mol. The molecule has 100 valence electrons. The molecule has 0 aliphatic carbocycles. The van der Waals surface area contributed by atoms with Crippen LogP contribution in [0.5, 0.6) is 0 Å². The van der Waals surface area contributed by atoms with Crippen molar-refractivity contribution in [1.29, 1.82) is 0 Å². The van der Waals surface area contributed by atoms with Crippen LogP contribution >= 0.6 is 0 Å². The average molecular weight is 423 g/mol. The summed E-state index contributed by atoms with van der Waals surface area (Å²) in [6.07, 6.45) is 4.11. The molecule has 3 heteroatoms. The van der Waals surface area contributed by atoms with Gasteiger partial charge in [-0.15, -0.1) is 0 Å². The van der Waals surface area contributed by atoms with Crippen LogP contribution in [0.1, 0.15) is 36.6 Å². The zero-order valence-corrected chi connectivity index (χ0v) is 13.9. The molecule has 0 aliphatic heterocycles. The molecular weight excluding hydrogens is 403 g/mol. The number of hydrogen-bond donors (Lipinski definition) is 0. The molecule has 2 rings (SSSR count). The minimum absolute atomic E-state index is 0. The summed E-state index contributed by atoms with van der Waals surface area (Å²) >= 11 is 0. The normalized spacial score (nSPS) is 10.6. The third kappa shape index (κ3) is 2.75. The van der Waals surface area contributed by atoms with Crippen molar-refractivity contribution in [2.45, 2.75) is 40.7 Å². The molecule has 0 saturated carbocycles. The average Bonchev–Trinajstić information content (AvgIpc) is 2.73. The molecule has 0 fully saturated rings. The van der Waals surface area contributed by atoms with Crippen molar-refractivity contribution in [2.75, 3.05) is 0 Å². The summed E-state index contributed by atoms with van der Waals surface area (Å²) < 4.78 is 2.01. The summed E-state index contributed by atoms with van der Waals surface area (Å²) in [6.45, 7) is 10.8. The molecule has 0 amide bonds. The standard InChI is InChI=1S/C15H20N2.Pt/c1-10(2)17-9-14(8-16-17)15-12(4)7-6-11(3)13(15)5;/h6-10H,1-5H3;. The minimum atomic E-state index is 0. The van der Waals surface area contributed by atoms with Gasteiger partial charge >= 0.3 is 0 Å². The van der Waals surface area contributed by atoms with Crippen LogP contribution in [0.25, 0.3) is 11.1 Å². The zero-order chi connectivity index (χ0) is 12.6. The minimum Gasteiger partial charge on any atom is -0.270 e. The number of hydrogen-bond acceptors (Lipinski definition) is 1. The van der Waals surface area contributed by atoms with Crippen LogP contribution in [0.15, 0.2) is 24.5 Å². The third-order valence-electron chi connectivity index (χ3n) is 3.36. The van der Waals surface area contributed by atoms with Gasteiger partial charge in [-0.25, -0.2) is 0 Å². The molecular formula is C15H20N2Pt. The Morgan fingerprint density at radius 1 is 1.06 bits per heavy atom. The van der Waals surface area contributed by atoms with E-state index in [1.54, 1.807) is 0 Å². The first-order valence-electron chi connectivity index (χ1n) is 6.12. The van der Waals surface area contributed by atoms with Crippen molar-refractivity contribution in [3.05, 3.63) is 41.2 Å². The molecule has 0 aliphatic rings. The number of nitrogens with zero attached hydrogens (tertiary/aromatic N) is 2. The van der Waals surface area contributed by atoms with E-state index in [0.29, 0.717) is 6.04 Å². The maximum atomic E-state index is 4.42. The van der Waals surface area contributed by atoms with Crippen LogP contribution in [-0.2, 0) is 21.1 Å². The van der Waals surface area contributed by atoms with Crippen LogP contribution in [0.3, 0.4) is 0 Å². The number of aryl methyl sites for hydroxylation is 2. The fraction of sp³-hybridized carbons (Fsp3) is 0.400. The summed E-state index contributed by atoms with van der Waals surface area (Å²) in [4.78, 5) is 0. The number of aromatic nitrogens is 2. The van der Waals surface area contributed by atoms with Crippen molar-refractivity contribution >= 4 is 0 Å². The van der Waals surface area contributed by atoms with E-state index in [4.69, 9.17) is 0 Å². The third-order valence-corrected chi connectivity index (χ3v) is 3.36. The molecule has 1 aromatic heterocycles. The zero-order valence-electron chi connectivity index (χ0n) is 11.6.